The van der Waals surface area contributed by atoms with Crippen LogP contribution in [-0.4, -0.2) is 186 Å². The van der Waals surface area contributed by atoms with Crippen molar-refractivity contribution in [3.8, 4) is 28.3 Å². The van der Waals surface area contributed by atoms with Crippen molar-refractivity contribution in [2.75, 3.05) is 5.33 Å². The number of hydrogen-bond donors (Lipinski definition) is 1. The first-order chi connectivity index (χ1) is 63.3. The molecule has 3 aliphatic heterocycles. The first-order valence-corrected chi connectivity index (χ1v) is 56.5. The number of carboxylic acids is 1. The van der Waals surface area contributed by atoms with Crippen LogP contribution < -0.4 is 22.4 Å². The Morgan fingerprint density at radius 2 is 0.813 bits per heavy atom. The maximum atomic E-state index is 12.2. The number of carboxylic acid groups (broad SMARTS) is 1. The zero-order valence-electron chi connectivity index (χ0n) is 79.2. The van der Waals surface area contributed by atoms with Crippen LogP contribution in [0, 0.1) is 39.5 Å². The number of aliphatic carboxylic acids is 1. The maximum Gasteiger partial charge on any atom is 2.00 e. The quantitative estimate of drug-likeness (QED) is 0.0264. The number of alkyl halides is 1. The molecule has 6 aromatic heterocycles. The van der Waals surface area contributed by atoms with Crippen LogP contribution in [0.5, 0.6) is 0 Å². The Hall–Kier alpha value is -6.28. The molecule has 29 nitrogen and oxygen atoms in total. The predicted octanol–water partition coefficient (Wildman–Crippen LogP) is 13.4. The molecule has 0 radical (unpaired) electrons. The standard InChI is InChI=1S/C20H22N4O3.C16H14N4O3.C15H17BrN2O3.C11H17BN2O2.C10H8BrNO.C9H5BrN2.C6H11BrO2.CH3.BrH.Mg.S5.S4.S3.S2.H2S/c1-12(25)19-16-8-14(15-9-21-13(2)22-10-15)6-7-17(16)24(23-19)11-18(26)27-20(3,4)5;1-9(21)16-13-5-11(12-6-17-10(2)18-7-12)3-4-14(13)20(19-16)8-15(22)23;1-9(19)14-11-7-10(16)5-6-12(11)18(17-14)8-13(20)21-15(2,3)4;1-8-13-6-9(7-14-8)12-15-10(2,3)11(4,5)16-12;1-6(13)10-9-4-8(11)3-2-7(9)5-12-10;10-7-2-1-6-5-12-9(4-11)8(6)3-7;1-6(2,3)9-5(8)4-7;;;;1-3-5-4-2;1-3-4-2;1-3-2;1-2;/h6-10H,11H2,1-5H3;3-7H,8H2,1-2H3,(H,22,23);5-7H,8H2,1-4H3;6-7H,1-5H3;2-4H,5H2,1H3;1-3H,5H2;4H2,1-3H3;1H3;1H;;;;;;1H2/q;;;;;;;-1;;+2;;;;;/p-1. The molecule has 1 fully saturated rings. The van der Waals surface area contributed by atoms with Gasteiger partial charge < -0.3 is 53.0 Å². The Bertz CT molecular complexity index is 6510. The van der Waals surface area contributed by atoms with Gasteiger partial charge in [0.1, 0.15) is 93.8 Å². The van der Waals surface area contributed by atoms with E-state index in [1.54, 1.807) is 57.1 Å². The number of ketones is 4. The normalized spacial score (nSPS) is 12.0. The first kappa shape index (κ1) is 133. The Labute approximate surface area is 932 Å². The Kier molecular flexibility index (Phi) is 61.0. The van der Waals surface area contributed by atoms with Gasteiger partial charge in [-0.3, -0.25) is 62.4 Å². The van der Waals surface area contributed by atoms with Crippen LogP contribution >= 0.6 is 77.2 Å². The van der Waals surface area contributed by atoms with E-state index < -0.39 is 23.1 Å². The van der Waals surface area contributed by atoms with Gasteiger partial charge in [-0.25, -0.2) is 29.9 Å². The van der Waals surface area contributed by atoms with Crippen molar-refractivity contribution in [3.05, 3.63) is 206 Å². The second-order valence-corrected chi connectivity index (χ2v) is 46.2. The van der Waals surface area contributed by atoms with Crippen molar-refractivity contribution < 1.29 is 84.0 Å². The van der Waals surface area contributed by atoms with Crippen LogP contribution in [0.3, 0.4) is 0 Å². The molecule has 5 aromatic carbocycles. The summed E-state index contributed by atoms with van der Waals surface area (Å²) in [5.74, 6) is -0.385. The molecule has 9 heterocycles. The smallest absolute Gasteiger partial charge is 1.00 e. The van der Waals surface area contributed by atoms with Crippen molar-refractivity contribution in [1.82, 2.24) is 59.2 Å². The molecule has 1 saturated heterocycles. The molecule has 0 aliphatic carbocycles. The number of esters is 3. The summed E-state index contributed by atoms with van der Waals surface area (Å²) in [4.78, 5) is 126. The van der Waals surface area contributed by atoms with Crippen LogP contribution in [0.4, 0.5) is 0 Å². The van der Waals surface area contributed by atoms with Crippen molar-refractivity contribution in [3.63, 3.8) is 0 Å². The minimum absolute atomic E-state index is 0. The molecule has 0 spiro atoms. The molecule has 740 valence electrons. The second kappa shape index (κ2) is 63.9. The van der Waals surface area contributed by atoms with Gasteiger partial charge in [-0.05, 0) is 200 Å². The summed E-state index contributed by atoms with van der Waals surface area (Å²) in [6, 6.07) is 30.4. The zero-order chi connectivity index (χ0) is 102. The SMILES string of the molecule is CC(=O)C1=NCc2ccc(Br)cc21.CC(=O)c1nn(CC(=O)O)c2ccc(-c3cnc(C)nc3)cc12.CC(=O)c1nn(CC(=O)OC(C)(C)C)c2ccc(-c3cnc(C)nc3)cc12.CC(=O)c1nn(CC(=O)OC(C)(C)C)c2ccc(Br)cc12.CC(C)(C)OC(=O)CBr.Cc1ncc(B2OC(C)(C)C(C)(C)O2)cn1.N#CC1=NCc2ccc(Br)cc21.S.S=S.S=S=S.S=S=S=S.S=S=S=S=S.[Br-].[CH3-].[Mg+2]. The molecule has 11 aromatic rings. The Morgan fingerprint density at radius 3 is 1.14 bits per heavy atom. The third kappa shape index (κ3) is 44.3. The molecule has 3 aliphatic rings. The minimum atomic E-state index is -1.01. The Morgan fingerprint density at radius 1 is 0.489 bits per heavy atom. The number of carbonyl (C=O) groups excluding carboxylic acids is 7. The molecule has 51 heteroatoms. The van der Waals surface area contributed by atoms with Crippen molar-refractivity contribution in [1.29, 1.82) is 5.26 Å². The van der Waals surface area contributed by atoms with Crippen molar-refractivity contribution in [2.45, 2.75) is 199 Å². The van der Waals surface area contributed by atoms with Gasteiger partial charge in [-0.2, -0.15) is 34.1 Å². The molecule has 139 heavy (non-hydrogen) atoms. The van der Waals surface area contributed by atoms with Gasteiger partial charge in [0.15, 0.2) is 23.1 Å². The fraction of sp³-hybridized carbons (Fsp3) is 0.352. The number of aliphatic imine (C=N–C) groups is 2. The zero-order valence-corrected chi connectivity index (χ0v) is 101. The summed E-state index contributed by atoms with van der Waals surface area (Å²) >= 11 is 46.2. The average Bonchev–Trinajstić information content (AvgIpc) is 1.65. The third-order valence-corrected chi connectivity index (χ3v) is 26.6. The van der Waals surface area contributed by atoms with Crippen LogP contribution in [-0.2, 0) is 223 Å². The topological polar surface area (TPSA) is 382 Å². The van der Waals surface area contributed by atoms with Crippen LogP contribution in [0.1, 0.15) is 189 Å². The molecule has 0 bridgehead atoms. The molecular weight excluding hydrogens is 2410 g/mol. The van der Waals surface area contributed by atoms with Gasteiger partial charge in [-0.1, -0.05) is 88.0 Å². The number of nitriles is 1. The van der Waals surface area contributed by atoms with E-state index in [4.69, 9.17) is 33.9 Å². The first-order valence-electron chi connectivity index (χ1n) is 39.6. The number of Topliss-reactive ketones (excluding diaryl/α,β-unsaturated/α-hetero) is 4. The summed E-state index contributed by atoms with van der Waals surface area (Å²) in [5, 5.41) is 32.7. The second-order valence-electron chi connectivity index (χ2n) is 32.3. The number of fused-ring (bicyclic) bond motifs is 5. The van der Waals surface area contributed by atoms with E-state index in [2.05, 4.69) is 214 Å². The fourth-order valence-corrected chi connectivity index (χ4v) is 15.7. The van der Waals surface area contributed by atoms with Crippen LogP contribution in [0.2, 0.25) is 0 Å². The number of aryl methyl sites for hydroxylation is 3. The fourth-order valence-electron chi connectivity index (χ4n) is 11.8. The number of hydrogen-bond acceptors (Lipinski definition) is 33. The van der Waals surface area contributed by atoms with Gasteiger partial charge in [0.2, 0.25) is 0 Å². The third-order valence-electron chi connectivity index (χ3n) is 18.0. The van der Waals surface area contributed by atoms with Gasteiger partial charge in [0.25, 0.3) is 0 Å². The van der Waals surface area contributed by atoms with Crippen molar-refractivity contribution in [2.24, 2.45) is 9.98 Å². The monoisotopic (exact) mass is 2500 g/mol. The van der Waals surface area contributed by atoms with E-state index in [9.17, 15) is 38.4 Å². The summed E-state index contributed by atoms with van der Waals surface area (Å²) in [6.07, 6.45) is 10.4. The van der Waals surface area contributed by atoms with Crippen LogP contribution in [0.15, 0.2) is 152 Å². The summed E-state index contributed by atoms with van der Waals surface area (Å²) < 4.78 is 34.5. The van der Waals surface area contributed by atoms with Crippen LogP contribution in [0.25, 0.3) is 55.0 Å². The summed E-state index contributed by atoms with van der Waals surface area (Å²) in [7, 11) is 6.84. The predicted molar refractivity (Wildman–Crippen MR) is 601 cm³/mol. The number of carbonyl (C=O) groups is 8. The van der Waals surface area contributed by atoms with E-state index >= 15 is 0 Å². The molecule has 1 N–H and O–H groups in total. The molecule has 0 atom stereocenters. The number of aromatic nitrogens is 12. The largest absolute Gasteiger partial charge is 2.00 e. The van der Waals surface area contributed by atoms with E-state index in [1.165, 1.54) is 79.2 Å². The van der Waals surface area contributed by atoms with E-state index in [0.717, 1.165) is 89.0 Å². The number of rotatable bonds is 14. The maximum absolute atomic E-state index is 12.2. The summed E-state index contributed by atoms with van der Waals surface area (Å²) in [5.41, 5.74) is 10.5. The molecule has 0 saturated carbocycles. The molecule has 0 unspecified atom stereocenters. The Balaban J connectivity index is 0.00000158. The van der Waals surface area contributed by atoms with E-state index in [1.807, 2.05) is 189 Å². The summed E-state index contributed by atoms with van der Waals surface area (Å²) in [6.45, 7) is 36.8. The van der Waals surface area contributed by atoms with Gasteiger partial charge >= 0.3 is 54.0 Å². The van der Waals surface area contributed by atoms with Crippen molar-refractivity contribution >= 4 is 347 Å². The number of halogens is 5. The average molecular weight is 2510 g/mol. The number of ether oxygens (including phenoxy) is 3. The van der Waals surface area contributed by atoms with E-state index in [-0.39, 0.29) is 151 Å². The van der Waals surface area contributed by atoms with Gasteiger partial charge in [-0.15, -0.1) is 0 Å². The van der Waals surface area contributed by atoms with Gasteiger partial charge in [0.05, 0.1) is 40.8 Å². The number of nitrogens with zero attached hydrogens (tertiary/aromatic N) is 15. The minimum Gasteiger partial charge on any atom is -1.00 e. The number of benzene rings is 5. The van der Waals surface area contributed by atoms with Gasteiger partial charge in [0, 0.05) is 265 Å². The molecule has 14 rings (SSSR count). The van der Waals surface area contributed by atoms with E-state index in [0.29, 0.717) is 69.4 Å². The molecular formula is C88H99BBr5MgN15O14S15. The molecule has 0 amide bonds.